The number of aromatic nitrogens is 3. The molecule has 0 saturated carbocycles. The van der Waals surface area contributed by atoms with E-state index in [1.54, 1.807) is 12.4 Å². The van der Waals surface area contributed by atoms with E-state index in [9.17, 15) is 0 Å². The second-order valence-electron chi connectivity index (χ2n) is 9.86. The van der Waals surface area contributed by atoms with E-state index < -0.39 is 0 Å². The van der Waals surface area contributed by atoms with Crippen LogP contribution in [0.5, 0.6) is 5.75 Å². The van der Waals surface area contributed by atoms with Crippen molar-refractivity contribution in [1.82, 2.24) is 15.2 Å². The number of hydrogen-bond donors (Lipinski definition) is 4. The average Bonchev–Trinajstić information content (AvgIpc) is 3.48. The van der Waals surface area contributed by atoms with E-state index in [2.05, 4.69) is 76.3 Å². The van der Waals surface area contributed by atoms with Gasteiger partial charge in [0.25, 0.3) is 0 Å². The van der Waals surface area contributed by atoms with E-state index in [1.165, 1.54) is 11.1 Å². The van der Waals surface area contributed by atoms with Crippen molar-refractivity contribution in [2.75, 3.05) is 24.4 Å². The third-order valence-electron chi connectivity index (χ3n) is 6.53. The van der Waals surface area contributed by atoms with Gasteiger partial charge in [0.2, 0.25) is 1.43 Å². The largest absolute Gasteiger partial charge is 0.489 e. The number of ether oxygens (including phenoxy) is 2. The van der Waals surface area contributed by atoms with E-state index in [-0.39, 0.29) is 6.61 Å². The van der Waals surface area contributed by atoms with Crippen LogP contribution in [0.2, 0.25) is 0 Å². The number of nitrogens with zero attached hydrogens (tertiary/aromatic N) is 2. The van der Waals surface area contributed by atoms with Gasteiger partial charge in [0, 0.05) is 24.5 Å². The number of hydrogen-bond acceptors (Lipinski definition) is 7. The predicted molar refractivity (Wildman–Crippen MR) is 173 cm³/mol. The summed E-state index contributed by atoms with van der Waals surface area (Å²) in [4.78, 5) is 4.11. The van der Waals surface area contributed by atoms with Crippen molar-refractivity contribution in [2.24, 2.45) is 0 Å². The highest BCUT2D eigenvalue weighted by Crippen LogP contribution is 2.36. The molecule has 3 aromatic carbocycles. The number of benzene rings is 3. The number of aliphatic hydroxyl groups excluding tert-OH is 1. The first-order valence-electron chi connectivity index (χ1n) is 14.3. The van der Waals surface area contributed by atoms with Gasteiger partial charge in [-0.15, -0.1) is 0 Å². The zero-order valence-electron chi connectivity index (χ0n) is 25.0. The van der Waals surface area contributed by atoms with Crippen molar-refractivity contribution >= 4 is 18.4 Å². The van der Waals surface area contributed by atoms with Gasteiger partial charge in [0.15, 0.2) is 5.82 Å². The van der Waals surface area contributed by atoms with Crippen LogP contribution in [0.15, 0.2) is 103 Å². The second kappa shape index (κ2) is 16.4. The highest BCUT2D eigenvalue weighted by molar-refractivity contribution is 7.80. The van der Waals surface area contributed by atoms with Crippen LogP contribution >= 0.6 is 12.6 Å². The van der Waals surface area contributed by atoms with Crippen LogP contribution in [-0.2, 0) is 18.0 Å². The van der Waals surface area contributed by atoms with E-state index in [1.807, 2.05) is 66.7 Å². The summed E-state index contributed by atoms with van der Waals surface area (Å²) in [5.41, 5.74) is 7.48. The third-order valence-corrected chi connectivity index (χ3v) is 6.71. The number of aliphatic hydroxyl groups is 1. The van der Waals surface area contributed by atoms with Crippen molar-refractivity contribution in [2.45, 2.75) is 33.0 Å². The minimum Gasteiger partial charge on any atom is -0.489 e. The Labute approximate surface area is 254 Å². The molecule has 0 radical (unpaired) electrons. The van der Waals surface area contributed by atoms with E-state index in [4.69, 9.17) is 10.9 Å². The molecule has 0 amide bonds. The summed E-state index contributed by atoms with van der Waals surface area (Å²) in [6, 6.07) is 30.5. The van der Waals surface area contributed by atoms with Gasteiger partial charge in [0.1, 0.15) is 12.4 Å². The van der Waals surface area contributed by atoms with Crippen molar-refractivity contribution in [3.8, 4) is 28.1 Å². The molecular weight excluding hydrogens is 544 g/mol. The zero-order valence-corrected chi connectivity index (χ0v) is 24.9. The van der Waals surface area contributed by atoms with Gasteiger partial charge in [-0.2, -0.15) is 17.7 Å². The van der Waals surface area contributed by atoms with Crippen LogP contribution in [0.25, 0.3) is 22.4 Å². The monoisotopic (exact) mass is 584 g/mol. The molecule has 42 heavy (non-hydrogen) atoms. The molecular formula is C34H38N4O3S. The number of aromatic amines is 1. The van der Waals surface area contributed by atoms with Crippen molar-refractivity contribution in [3.63, 3.8) is 0 Å². The Morgan fingerprint density at radius 2 is 1.60 bits per heavy atom. The molecule has 0 unspecified atom stereocenters. The van der Waals surface area contributed by atoms with Crippen LogP contribution in [0.3, 0.4) is 0 Å². The maximum atomic E-state index is 6.89. The molecule has 2 aromatic heterocycles. The maximum Gasteiger partial charge on any atom is 0.210 e. The fourth-order valence-electron chi connectivity index (χ4n) is 4.27. The molecule has 0 saturated heterocycles. The van der Waals surface area contributed by atoms with Crippen LogP contribution in [0, 0.1) is 0 Å². The molecule has 218 valence electrons. The Morgan fingerprint density at radius 3 is 2.26 bits per heavy atom. The molecule has 3 N–H and O–H groups in total. The fraction of sp³-hybridized carbons (Fsp3) is 0.235. The summed E-state index contributed by atoms with van der Waals surface area (Å²) in [7, 11) is 0. The fourth-order valence-corrected chi connectivity index (χ4v) is 4.36. The molecule has 5 rings (SSSR count). The van der Waals surface area contributed by atoms with Crippen molar-refractivity contribution < 1.29 is 14.6 Å². The lowest BCUT2D eigenvalue weighted by Crippen LogP contribution is -2.06. The van der Waals surface area contributed by atoms with Crippen LogP contribution in [0.1, 0.15) is 36.5 Å². The molecule has 0 atom stereocenters. The summed E-state index contributed by atoms with van der Waals surface area (Å²) in [5, 5.41) is 15.2. The molecule has 0 aliphatic rings. The summed E-state index contributed by atoms with van der Waals surface area (Å²) in [6.07, 6.45) is 3.51. The minimum absolute atomic E-state index is 0.266. The summed E-state index contributed by atoms with van der Waals surface area (Å²) in [6.45, 7) is 6.31. The Bertz CT molecular complexity index is 1480. The number of nitrogens with one attached hydrogen (secondary N) is 2. The molecule has 0 fully saturated rings. The van der Waals surface area contributed by atoms with Gasteiger partial charge < -0.3 is 19.9 Å². The summed E-state index contributed by atoms with van der Waals surface area (Å²) >= 11 is 3.93. The van der Waals surface area contributed by atoms with Crippen molar-refractivity contribution in [3.05, 3.63) is 120 Å². The molecule has 0 aliphatic heterocycles. The Kier molecular flexibility index (Phi) is 11.4. The Balaban J connectivity index is 0.000000359. The molecule has 2 heterocycles. The number of anilines is 1. The number of rotatable bonds is 13. The lowest BCUT2D eigenvalue weighted by Gasteiger charge is -2.11. The minimum atomic E-state index is 0.266. The zero-order chi connectivity index (χ0) is 30.3. The maximum absolute atomic E-state index is 6.89. The first-order chi connectivity index (χ1) is 21.1. The molecule has 0 spiro atoms. The summed E-state index contributed by atoms with van der Waals surface area (Å²) < 4.78 is 18.0. The predicted octanol–water partition coefficient (Wildman–Crippen LogP) is 7.34. The van der Waals surface area contributed by atoms with Crippen LogP contribution in [-0.4, -0.2) is 40.8 Å². The quantitative estimate of drug-likeness (QED) is 0.0658. The Morgan fingerprint density at radius 1 is 0.881 bits per heavy atom. The molecule has 7 nitrogen and oxygen atoms in total. The summed E-state index contributed by atoms with van der Waals surface area (Å²) in [5.74, 6) is 2.51. The van der Waals surface area contributed by atoms with Gasteiger partial charge in [-0.05, 0) is 52.4 Å². The highest BCUT2D eigenvalue weighted by Gasteiger charge is 2.16. The molecule has 0 aliphatic carbocycles. The molecule has 5 aromatic rings. The van der Waals surface area contributed by atoms with Gasteiger partial charge in [-0.3, -0.25) is 10.1 Å². The Hall–Kier alpha value is -4.11. The van der Waals surface area contributed by atoms with Crippen LogP contribution < -0.4 is 10.1 Å². The van der Waals surface area contributed by atoms with E-state index >= 15 is 0 Å². The molecule has 0 bridgehead atoms. The third kappa shape index (κ3) is 8.94. The van der Waals surface area contributed by atoms with Gasteiger partial charge in [-0.25, -0.2) is 0 Å². The standard InChI is InChI=1S/C26H28N4O2.C8H10OS/c1-18(2)20-5-3-19(4-6-20)17-32-23-9-7-21(8-10-23)24-25(22-11-13-27-14-12-22)29-30-26(24)28-15-16-31;10-7-9-6-8-4-2-1-3-5-8/h3-14,18,31H,15-17H2,1-2H3,(H2,28,29,30);1-5,10H,6-7H2/i31T;. The van der Waals surface area contributed by atoms with Gasteiger partial charge >= 0.3 is 0 Å². The van der Waals surface area contributed by atoms with Gasteiger partial charge in [-0.1, -0.05) is 80.6 Å². The number of thiol groups is 1. The number of pyridine rings is 1. The SMILES string of the molecule is SCOCc1ccccc1.[3H]OCCNc1n[nH]c(-c2ccncc2)c1-c1ccc(OCc2ccc(C(C)C)cc2)cc1. The first-order valence-corrected chi connectivity index (χ1v) is 14.6. The normalized spacial score (nSPS) is 11.0. The van der Waals surface area contributed by atoms with Gasteiger partial charge in [0.05, 0.1) is 30.4 Å². The topological polar surface area (TPSA) is 92.3 Å². The number of H-pyrrole nitrogens is 1. The van der Waals surface area contributed by atoms with E-state index in [0.717, 1.165) is 33.7 Å². The van der Waals surface area contributed by atoms with Crippen LogP contribution in [0.4, 0.5) is 5.82 Å². The lowest BCUT2D eigenvalue weighted by molar-refractivity contribution is 0.170. The first kappa shape index (κ1) is 29.4. The van der Waals surface area contributed by atoms with Crippen molar-refractivity contribution in [1.29, 1.82) is 1.43 Å². The highest BCUT2D eigenvalue weighted by atomic mass is 32.1. The average molecular weight is 585 g/mol. The molecule has 8 heteroatoms. The second-order valence-corrected chi connectivity index (χ2v) is 10.1. The van der Waals surface area contributed by atoms with E-state index in [0.29, 0.717) is 37.4 Å². The smallest absolute Gasteiger partial charge is 0.210 e. The lowest BCUT2D eigenvalue weighted by atomic mass is 10.0.